The lowest BCUT2D eigenvalue weighted by Crippen LogP contribution is -2.43. The van der Waals surface area contributed by atoms with Crippen LogP contribution in [0.15, 0.2) is 16.7 Å². The molecule has 0 aliphatic carbocycles. The summed E-state index contributed by atoms with van der Waals surface area (Å²) in [7, 11) is 0. The Labute approximate surface area is 134 Å². The number of hydrogen-bond donors (Lipinski definition) is 1. The van der Waals surface area contributed by atoms with Gasteiger partial charge in [-0.3, -0.25) is 9.59 Å². The molecular formula is C15H24BrN3O2. The van der Waals surface area contributed by atoms with Crippen molar-refractivity contribution in [2.45, 2.75) is 46.7 Å². The zero-order chi connectivity index (χ0) is 16.2. The van der Waals surface area contributed by atoms with E-state index in [1.165, 1.54) is 0 Å². The van der Waals surface area contributed by atoms with Gasteiger partial charge in [0.2, 0.25) is 5.91 Å². The standard InChI is InChI=1S/C15H24BrN3O2/c1-6-18(9-14(20)17-10(2)3)15(21)13-7-12(16)8-19(13)11(4)5/h7-8,10-11H,6,9H2,1-5H3,(H,17,20). The number of carbonyl (C=O) groups excluding carboxylic acids is 2. The summed E-state index contributed by atoms with van der Waals surface area (Å²) in [4.78, 5) is 26.1. The van der Waals surface area contributed by atoms with Gasteiger partial charge in [-0.05, 0) is 56.6 Å². The van der Waals surface area contributed by atoms with Crippen molar-refractivity contribution in [3.05, 3.63) is 22.4 Å². The summed E-state index contributed by atoms with van der Waals surface area (Å²) >= 11 is 3.40. The van der Waals surface area contributed by atoms with Crippen molar-refractivity contribution >= 4 is 27.7 Å². The molecule has 1 heterocycles. The Morgan fingerprint density at radius 1 is 1.33 bits per heavy atom. The molecule has 0 aliphatic rings. The van der Waals surface area contributed by atoms with Gasteiger partial charge >= 0.3 is 0 Å². The maximum atomic E-state index is 12.6. The van der Waals surface area contributed by atoms with Crippen molar-refractivity contribution in [3.8, 4) is 0 Å². The molecule has 21 heavy (non-hydrogen) atoms. The third kappa shape index (κ3) is 4.88. The van der Waals surface area contributed by atoms with Crippen LogP contribution in [0.1, 0.15) is 51.1 Å². The van der Waals surface area contributed by atoms with E-state index < -0.39 is 0 Å². The van der Waals surface area contributed by atoms with E-state index in [0.717, 1.165) is 4.47 Å². The van der Waals surface area contributed by atoms with Crippen LogP contribution < -0.4 is 5.32 Å². The molecule has 0 aromatic carbocycles. The Balaban J connectivity index is 2.91. The first kappa shape index (κ1) is 17.8. The van der Waals surface area contributed by atoms with Crippen molar-refractivity contribution in [2.75, 3.05) is 13.1 Å². The second-order valence-corrected chi connectivity index (χ2v) is 6.50. The molecular weight excluding hydrogens is 334 g/mol. The summed E-state index contributed by atoms with van der Waals surface area (Å²) in [5.41, 5.74) is 0.594. The van der Waals surface area contributed by atoms with Crippen molar-refractivity contribution in [2.24, 2.45) is 0 Å². The lowest BCUT2D eigenvalue weighted by Gasteiger charge is -2.22. The highest BCUT2D eigenvalue weighted by atomic mass is 79.9. The van der Waals surface area contributed by atoms with Crippen molar-refractivity contribution in [3.63, 3.8) is 0 Å². The molecule has 0 saturated heterocycles. The van der Waals surface area contributed by atoms with E-state index >= 15 is 0 Å². The first-order chi connectivity index (χ1) is 9.76. The number of rotatable bonds is 6. The molecule has 1 N–H and O–H groups in total. The van der Waals surface area contributed by atoms with Gasteiger partial charge < -0.3 is 14.8 Å². The average molecular weight is 358 g/mol. The normalized spacial score (nSPS) is 11.0. The van der Waals surface area contributed by atoms with Gasteiger partial charge in [0.15, 0.2) is 0 Å². The van der Waals surface area contributed by atoms with E-state index in [1.54, 1.807) is 11.0 Å². The zero-order valence-electron chi connectivity index (χ0n) is 13.3. The smallest absolute Gasteiger partial charge is 0.270 e. The Hall–Kier alpha value is -1.30. The highest BCUT2D eigenvalue weighted by Crippen LogP contribution is 2.20. The van der Waals surface area contributed by atoms with Crippen molar-refractivity contribution in [1.29, 1.82) is 0 Å². The summed E-state index contributed by atoms with van der Waals surface area (Å²) in [6.45, 7) is 10.3. The summed E-state index contributed by atoms with van der Waals surface area (Å²) in [5, 5.41) is 2.81. The molecule has 1 aromatic rings. The molecule has 0 unspecified atom stereocenters. The van der Waals surface area contributed by atoms with E-state index in [0.29, 0.717) is 12.2 Å². The molecule has 0 bridgehead atoms. The van der Waals surface area contributed by atoms with Gasteiger partial charge in [-0.25, -0.2) is 0 Å². The Morgan fingerprint density at radius 3 is 2.43 bits per heavy atom. The van der Waals surface area contributed by atoms with Crippen LogP contribution in [0.2, 0.25) is 0 Å². The average Bonchev–Trinajstić information content (AvgIpc) is 2.76. The maximum absolute atomic E-state index is 12.6. The predicted octanol–water partition coefficient (Wildman–Crippen LogP) is 2.82. The molecule has 5 nitrogen and oxygen atoms in total. The minimum atomic E-state index is -0.137. The van der Waals surface area contributed by atoms with Gasteiger partial charge in [-0.15, -0.1) is 0 Å². The van der Waals surface area contributed by atoms with E-state index in [-0.39, 0.29) is 30.4 Å². The quantitative estimate of drug-likeness (QED) is 0.850. The molecule has 2 amide bonds. The second-order valence-electron chi connectivity index (χ2n) is 5.59. The number of nitrogens with zero attached hydrogens (tertiary/aromatic N) is 2. The molecule has 1 aromatic heterocycles. The molecule has 0 radical (unpaired) electrons. The fourth-order valence-electron chi connectivity index (χ4n) is 2.07. The predicted molar refractivity (Wildman–Crippen MR) is 87.4 cm³/mol. The largest absolute Gasteiger partial charge is 0.352 e. The molecule has 0 saturated carbocycles. The number of carbonyl (C=O) groups is 2. The van der Waals surface area contributed by atoms with Crippen molar-refractivity contribution < 1.29 is 9.59 Å². The molecule has 1 rings (SSSR count). The van der Waals surface area contributed by atoms with Crippen LogP contribution >= 0.6 is 15.9 Å². The Kier molecular flexibility index (Phi) is 6.45. The minimum absolute atomic E-state index is 0.0694. The monoisotopic (exact) mass is 357 g/mol. The van der Waals surface area contributed by atoms with Crippen LogP contribution in [0.4, 0.5) is 0 Å². The van der Waals surface area contributed by atoms with Gasteiger partial charge in [-0.1, -0.05) is 0 Å². The SMILES string of the molecule is CCN(CC(=O)NC(C)C)C(=O)c1cc(Br)cn1C(C)C. The van der Waals surface area contributed by atoms with E-state index in [1.807, 2.05) is 45.4 Å². The van der Waals surface area contributed by atoms with Gasteiger partial charge in [0, 0.05) is 29.3 Å². The highest BCUT2D eigenvalue weighted by molar-refractivity contribution is 9.10. The zero-order valence-corrected chi connectivity index (χ0v) is 14.9. The van der Waals surface area contributed by atoms with Crippen LogP contribution in [0.5, 0.6) is 0 Å². The third-order valence-corrected chi connectivity index (χ3v) is 3.48. The van der Waals surface area contributed by atoms with E-state index in [4.69, 9.17) is 0 Å². The minimum Gasteiger partial charge on any atom is -0.352 e. The third-order valence-electron chi connectivity index (χ3n) is 3.04. The van der Waals surface area contributed by atoms with Crippen LogP contribution in [-0.4, -0.2) is 40.4 Å². The summed E-state index contributed by atoms with van der Waals surface area (Å²) in [6, 6.07) is 2.05. The molecule has 118 valence electrons. The number of aromatic nitrogens is 1. The topological polar surface area (TPSA) is 54.3 Å². The molecule has 6 heteroatoms. The number of likely N-dealkylation sites (N-methyl/N-ethyl adjacent to an activating group) is 1. The number of hydrogen-bond acceptors (Lipinski definition) is 2. The van der Waals surface area contributed by atoms with Gasteiger partial charge in [0.25, 0.3) is 5.91 Å². The first-order valence-corrected chi connectivity index (χ1v) is 8.01. The Morgan fingerprint density at radius 2 is 1.95 bits per heavy atom. The fraction of sp³-hybridized carbons (Fsp3) is 0.600. The lowest BCUT2D eigenvalue weighted by molar-refractivity contribution is -0.122. The van der Waals surface area contributed by atoms with Gasteiger partial charge in [0.05, 0.1) is 6.54 Å². The molecule has 0 spiro atoms. The molecule has 0 aliphatic heterocycles. The van der Waals surface area contributed by atoms with Crippen LogP contribution in [-0.2, 0) is 4.79 Å². The number of nitrogens with one attached hydrogen (secondary N) is 1. The lowest BCUT2D eigenvalue weighted by atomic mass is 10.3. The fourth-order valence-corrected chi connectivity index (χ4v) is 2.51. The second kappa shape index (κ2) is 7.64. The first-order valence-electron chi connectivity index (χ1n) is 7.22. The maximum Gasteiger partial charge on any atom is 0.270 e. The Bertz CT molecular complexity index is 509. The van der Waals surface area contributed by atoms with Crippen molar-refractivity contribution in [1.82, 2.24) is 14.8 Å². The van der Waals surface area contributed by atoms with Crippen LogP contribution in [0, 0.1) is 0 Å². The summed E-state index contributed by atoms with van der Waals surface area (Å²) < 4.78 is 2.78. The van der Waals surface area contributed by atoms with Gasteiger partial charge in [-0.2, -0.15) is 0 Å². The van der Waals surface area contributed by atoms with Crippen LogP contribution in [0.3, 0.4) is 0 Å². The summed E-state index contributed by atoms with van der Waals surface area (Å²) in [6.07, 6.45) is 1.89. The number of halogens is 1. The molecule has 0 atom stereocenters. The van der Waals surface area contributed by atoms with E-state index in [2.05, 4.69) is 21.2 Å². The highest BCUT2D eigenvalue weighted by Gasteiger charge is 2.22. The summed E-state index contributed by atoms with van der Waals surface area (Å²) in [5.74, 6) is -0.266. The van der Waals surface area contributed by atoms with Crippen LogP contribution in [0.25, 0.3) is 0 Å². The number of amides is 2. The van der Waals surface area contributed by atoms with Gasteiger partial charge in [0.1, 0.15) is 5.69 Å². The molecule has 0 fully saturated rings. The van der Waals surface area contributed by atoms with E-state index in [9.17, 15) is 9.59 Å².